The number of rotatable bonds is 5. The Labute approximate surface area is 100 Å². The SMILES string of the molecule is COCCC(C)Oc1ccc2c(c1)OCC2=O. The van der Waals surface area contributed by atoms with Crippen molar-refractivity contribution in [1.82, 2.24) is 0 Å². The number of fused-ring (bicyclic) bond motifs is 1. The highest BCUT2D eigenvalue weighted by Gasteiger charge is 2.21. The first kappa shape index (κ1) is 11.9. The molecule has 0 saturated heterocycles. The van der Waals surface area contributed by atoms with Gasteiger partial charge in [-0.05, 0) is 19.1 Å². The van der Waals surface area contributed by atoms with Crippen molar-refractivity contribution in [1.29, 1.82) is 0 Å². The van der Waals surface area contributed by atoms with Gasteiger partial charge in [-0.1, -0.05) is 0 Å². The molecule has 1 unspecified atom stereocenters. The van der Waals surface area contributed by atoms with E-state index in [9.17, 15) is 4.79 Å². The van der Waals surface area contributed by atoms with Gasteiger partial charge in [0.15, 0.2) is 6.61 Å². The van der Waals surface area contributed by atoms with E-state index in [0.29, 0.717) is 17.9 Å². The molecule has 0 N–H and O–H groups in total. The van der Waals surface area contributed by atoms with Crippen molar-refractivity contribution in [2.24, 2.45) is 0 Å². The quantitative estimate of drug-likeness (QED) is 0.785. The van der Waals surface area contributed by atoms with Crippen LogP contribution in [-0.4, -0.2) is 32.2 Å². The fraction of sp³-hybridized carbons (Fsp3) is 0.462. The minimum Gasteiger partial charge on any atom is -0.490 e. The number of carbonyl (C=O) groups is 1. The summed E-state index contributed by atoms with van der Waals surface area (Å²) < 4.78 is 16.0. The summed E-state index contributed by atoms with van der Waals surface area (Å²) in [5.41, 5.74) is 0.641. The Morgan fingerprint density at radius 1 is 1.47 bits per heavy atom. The summed E-state index contributed by atoms with van der Waals surface area (Å²) in [5, 5.41) is 0. The summed E-state index contributed by atoms with van der Waals surface area (Å²) in [7, 11) is 1.67. The predicted molar refractivity (Wildman–Crippen MR) is 62.9 cm³/mol. The lowest BCUT2D eigenvalue weighted by atomic mass is 10.1. The molecule has 1 heterocycles. The van der Waals surface area contributed by atoms with Gasteiger partial charge in [-0.2, -0.15) is 0 Å². The lowest BCUT2D eigenvalue weighted by Crippen LogP contribution is -2.14. The van der Waals surface area contributed by atoms with Crippen molar-refractivity contribution in [2.75, 3.05) is 20.3 Å². The maximum Gasteiger partial charge on any atom is 0.203 e. The molecule has 0 amide bonds. The van der Waals surface area contributed by atoms with E-state index in [1.165, 1.54) is 0 Å². The minimum absolute atomic E-state index is 0.0268. The summed E-state index contributed by atoms with van der Waals surface area (Å²) in [6.07, 6.45) is 0.901. The predicted octanol–water partition coefficient (Wildman–Crippen LogP) is 2.07. The standard InChI is InChI=1S/C13H16O4/c1-9(5-6-15-2)17-10-3-4-11-12(14)8-16-13(11)7-10/h3-4,7,9H,5-6,8H2,1-2H3. The second-order valence-electron chi connectivity index (χ2n) is 4.08. The number of ketones is 1. The van der Waals surface area contributed by atoms with E-state index in [0.717, 1.165) is 12.2 Å². The molecule has 0 radical (unpaired) electrons. The van der Waals surface area contributed by atoms with Gasteiger partial charge in [0.2, 0.25) is 5.78 Å². The van der Waals surface area contributed by atoms with Gasteiger partial charge in [0.25, 0.3) is 0 Å². The topological polar surface area (TPSA) is 44.8 Å². The fourth-order valence-electron chi connectivity index (χ4n) is 1.72. The van der Waals surface area contributed by atoms with Crippen LogP contribution in [0.15, 0.2) is 18.2 Å². The molecule has 1 aromatic rings. The number of ether oxygens (including phenoxy) is 3. The number of hydrogen-bond donors (Lipinski definition) is 0. The van der Waals surface area contributed by atoms with Gasteiger partial charge in [-0.25, -0.2) is 0 Å². The molecule has 17 heavy (non-hydrogen) atoms. The van der Waals surface area contributed by atoms with Crippen LogP contribution in [0.5, 0.6) is 11.5 Å². The Bertz CT molecular complexity index is 414. The lowest BCUT2D eigenvalue weighted by molar-refractivity contribution is 0.0961. The van der Waals surface area contributed by atoms with Crippen molar-refractivity contribution >= 4 is 5.78 Å². The number of Topliss-reactive ketones (excluding diaryl/α,β-unsaturated/α-hetero) is 1. The molecule has 92 valence electrons. The van der Waals surface area contributed by atoms with Gasteiger partial charge in [-0.3, -0.25) is 4.79 Å². The molecule has 4 nitrogen and oxygen atoms in total. The maximum atomic E-state index is 11.4. The van der Waals surface area contributed by atoms with Crippen LogP contribution in [0.3, 0.4) is 0 Å². The van der Waals surface area contributed by atoms with Crippen LogP contribution in [0.2, 0.25) is 0 Å². The van der Waals surface area contributed by atoms with Gasteiger partial charge < -0.3 is 14.2 Å². The number of methoxy groups -OCH3 is 1. The molecule has 4 heteroatoms. The second kappa shape index (κ2) is 5.19. The lowest BCUT2D eigenvalue weighted by Gasteiger charge is -2.14. The monoisotopic (exact) mass is 236 g/mol. The first-order valence-corrected chi connectivity index (χ1v) is 5.66. The third-order valence-corrected chi connectivity index (χ3v) is 2.68. The van der Waals surface area contributed by atoms with E-state index >= 15 is 0 Å². The molecule has 0 aliphatic carbocycles. The molecule has 0 spiro atoms. The van der Waals surface area contributed by atoms with Gasteiger partial charge in [0.05, 0.1) is 11.7 Å². The van der Waals surface area contributed by atoms with E-state index in [-0.39, 0.29) is 18.5 Å². The van der Waals surface area contributed by atoms with Crippen molar-refractivity contribution in [2.45, 2.75) is 19.4 Å². The Kier molecular flexibility index (Phi) is 3.64. The van der Waals surface area contributed by atoms with E-state index < -0.39 is 0 Å². The summed E-state index contributed by atoms with van der Waals surface area (Å²) in [6, 6.07) is 5.32. The third-order valence-electron chi connectivity index (χ3n) is 2.68. The summed E-state index contributed by atoms with van der Waals surface area (Å²) in [4.78, 5) is 11.4. The molecule has 1 aliphatic heterocycles. The van der Waals surface area contributed by atoms with Gasteiger partial charge in [0.1, 0.15) is 11.5 Å². The number of hydrogen-bond acceptors (Lipinski definition) is 4. The first-order valence-electron chi connectivity index (χ1n) is 5.66. The second-order valence-corrected chi connectivity index (χ2v) is 4.08. The van der Waals surface area contributed by atoms with Crippen molar-refractivity contribution in [3.63, 3.8) is 0 Å². The molecule has 1 aromatic carbocycles. The van der Waals surface area contributed by atoms with Crippen LogP contribution >= 0.6 is 0 Å². The average Bonchev–Trinajstić information content (AvgIpc) is 2.68. The van der Waals surface area contributed by atoms with Crippen LogP contribution in [0.4, 0.5) is 0 Å². The molecule has 0 saturated carbocycles. The molecule has 2 rings (SSSR count). The summed E-state index contributed by atoms with van der Waals surface area (Å²) in [6.45, 7) is 2.79. The largest absolute Gasteiger partial charge is 0.490 e. The van der Waals surface area contributed by atoms with Crippen molar-refractivity contribution < 1.29 is 19.0 Å². The zero-order chi connectivity index (χ0) is 12.3. The van der Waals surface area contributed by atoms with Crippen molar-refractivity contribution in [3.8, 4) is 11.5 Å². The molecule has 0 aromatic heterocycles. The molecular formula is C13H16O4. The van der Waals surface area contributed by atoms with Gasteiger partial charge in [0, 0.05) is 26.2 Å². The minimum atomic E-state index is 0.0268. The smallest absolute Gasteiger partial charge is 0.203 e. The van der Waals surface area contributed by atoms with Crippen molar-refractivity contribution in [3.05, 3.63) is 23.8 Å². The van der Waals surface area contributed by atoms with Gasteiger partial charge in [-0.15, -0.1) is 0 Å². The summed E-state index contributed by atoms with van der Waals surface area (Å²) in [5.74, 6) is 1.37. The molecule has 0 fully saturated rings. The molecule has 1 atom stereocenters. The Balaban J connectivity index is 2.01. The summed E-state index contributed by atoms with van der Waals surface area (Å²) >= 11 is 0. The first-order chi connectivity index (χ1) is 8.20. The maximum absolute atomic E-state index is 11.4. The molecule has 1 aliphatic rings. The highest BCUT2D eigenvalue weighted by atomic mass is 16.5. The Morgan fingerprint density at radius 3 is 3.06 bits per heavy atom. The van der Waals surface area contributed by atoms with E-state index in [4.69, 9.17) is 14.2 Å². The normalized spacial score (nSPS) is 15.3. The Morgan fingerprint density at radius 2 is 2.29 bits per heavy atom. The van der Waals surface area contributed by atoms with E-state index in [1.807, 2.05) is 6.92 Å². The molecule has 0 bridgehead atoms. The average molecular weight is 236 g/mol. The zero-order valence-corrected chi connectivity index (χ0v) is 10.1. The number of benzene rings is 1. The van der Waals surface area contributed by atoms with Crippen LogP contribution < -0.4 is 9.47 Å². The Hall–Kier alpha value is -1.55. The third kappa shape index (κ3) is 2.77. The van der Waals surface area contributed by atoms with Crippen LogP contribution in [0.1, 0.15) is 23.7 Å². The van der Waals surface area contributed by atoms with Crippen LogP contribution in [0.25, 0.3) is 0 Å². The highest BCUT2D eigenvalue weighted by Crippen LogP contribution is 2.30. The van der Waals surface area contributed by atoms with E-state index in [2.05, 4.69) is 0 Å². The highest BCUT2D eigenvalue weighted by molar-refractivity contribution is 6.02. The zero-order valence-electron chi connectivity index (χ0n) is 10.1. The number of carbonyl (C=O) groups excluding carboxylic acids is 1. The van der Waals surface area contributed by atoms with Crippen LogP contribution in [0, 0.1) is 0 Å². The van der Waals surface area contributed by atoms with E-state index in [1.54, 1.807) is 25.3 Å². The molecular weight excluding hydrogens is 220 g/mol. The fourth-order valence-corrected chi connectivity index (χ4v) is 1.72. The van der Waals surface area contributed by atoms with Crippen LogP contribution in [-0.2, 0) is 4.74 Å². The van der Waals surface area contributed by atoms with Gasteiger partial charge >= 0.3 is 0 Å².